The van der Waals surface area contributed by atoms with Crippen LogP contribution in [0, 0.1) is 0 Å². The van der Waals surface area contributed by atoms with E-state index >= 15 is 0 Å². The summed E-state index contributed by atoms with van der Waals surface area (Å²) in [7, 11) is 1.53. The van der Waals surface area contributed by atoms with Crippen LogP contribution in [0.25, 0.3) is 0 Å². The van der Waals surface area contributed by atoms with Gasteiger partial charge < -0.3 is 19.9 Å². The molecule has 5 heteroatoms. The Labute approximate surface area is 71.8 Å². The van der Waals surface area contributed by atoms with Crippen molar-refractivity contribution in [1.82, 2.24) is 0 Å². The smallest absolute Gasteiger partial charge is 0.307 e. The molecule has 0 bridgehead atoms. The van der Waals surface area contributed by atoms with Gasteiger partial charge in [-0.15, -0.1) is 0 Å². The number of methoxy groups -OCH3 is 1. The van der Waals surface area contributed by atoms with Crippen LogP contribution in [0.4, 0.5) is 0 Å². The third-order valence-electron chi connectivity index (χ3n) is 1.04. The Morgan fingerprint density at radius 3 is 2.75 bits per heavy atom. The van der Waals surface area contributed by atoms with Gasteiger partial charge in [-0.3, -0.25) is 4.79 Å². The molecule has 0 aliphatic carbocycles. The van der Waals surface area contributed by atoms with Crippen LogP contribution in [0.2, 0.25) is 0 Å². The van der Waals surface area contributed by atoms with E-state index in [-0.39, 0.29) is 25.8 Å². The summed E-state index contributed by atoms with van der Waals surface area (Å²) in [5, 5.41) is 0. The van der Waals surface area contributed by atoms with Crippen molar-refractivity contribution < 1.29 is 19.0 Å². The summed E-state index contributed by atoms with van der Waals surface area (Å²) in [5.74, 6) is -0.293. The maximum Gasteiger partial charge on any atom is 0.307 e. The minimum Gasteiger partial charge on any atom is -0.463 e. The van der Waals surface area contributed by atoms with Crippen LogP contribution in [0.3, 0.4) is 0 Å². The first kappa shape index (κ1) is 11.4. The summed E-state index contributed by atoms with van der Waals surface area (Å²) in [6.45, 7) is 1.14. The Hall–Kier alpha value is -0.650. The third-order valence-corrected chi connectivity index (χ3v) is 1.04. The van der Waals surface area contributed by atoms with Crippen LogP contribution in [-0.2, 0) is 19.0 Å². The first-order chi connectivity index (χ1) is 5.81. The van der Waals surface area contributed by atoms with Crippen molar-refractivity contribution in [1.29, 1.82) is 0 Å². The Morgan fingerprint density at radius 1 is 1.42 bits per heavy atom. The molecule has 0 spiro atoms. The molecule has 0 saturated carbocycles. The first-order valence-corrected chi connectivity index (χ1v) is 3.73. The number of ether oxygens (including phenoxy) is 3. The minimum absolute atomic E-state index is 0.217. The van der Waals surface area contributed by atoms with Gasteiger partial charge in [-0.2, -0.15) is 0 Å². The van der Waals surface area contributed by atoms with Gasteiger partial charge in [-0.1, -0.05) is 0 Å². The number of rotatable bonds is 7. The average molecular weight is 177 g/mol. The fraction of sp³-hybridized carbons (Fsp3) is 0.857. The van der Waals surface area contributed by atoms with E-state index in [4.69, 9.17) is 15.2 Å². The molecule has 5 nitrogen and oxygen atoms in total. The summed E-state index contributed by atoms with van der Waals surface area (Å²) in [5.41, 5.74) is 5.13. The van der Waals surface area contributed by atoms with E-state index in [1.54, 1.807) is 0 Å². The number of hydrogen-bond acceptors (Lipinski definition) is 5. The van der Waals surface area contributed by atoms with Crippen LogP contribution in [0.15, 0.2) is 0 Å². The van der Waals surface area contributed by atoms with E-state index in [2.05, 4.69) is 4.74 Å². The molecule has 0 aromatic heterocycles. The van der Waals surface area contributed by atoms with Crippen molar-refractivity contribution in [2.45, 2.75) is 6.42 Å². The highest BCUT2D eigenvalue weighted by Crippen LogP contribution is 1.84. The third kappa shape index (κ3) is 7.46. The second kappa shape index (κ2) is 8.45. The maximum atomic E-state index is 10.7. The van der Waals surface area contributed by atoms with E-state index in [9.17, 15) is 4.79 Å². The largest absolute Gasteiger partial charge is 0.463 e. The average Bonchev–Trinajstić information content (AvgIpc) is 2.05. The number of hydrogen-bond donors (Lipinski definition) is 1. The van der Waals surface area contributed by atoms with Crippen LogP contribution >= 0.6 is 0 Å². The standard InChI is InChI=1S/C7H15NO4/c1-10-6-11-4-5-12-7(9)2-3-8/h2-6,8H2,1H3. The van der Waals surface area contributed by atoms with E-state index in [0.29, 0.717) is 13.2 Å². The van der Waals surface area contributed by atoms with Gasteiger partial charge in [0.1, 0.15) is 13.4 Å². The van der Waals surface area contributed by atoms with Gasteiger partial charge in [0.25, 0.3) is 0 Å². The molecule has 0 aliphatic rings. The van der Waals surface area contributed by atoms with Gasteiger partial charge in [-0.25, -0.2) is 0 Å². The first-order valence-electron chi connectivity index (χ1n) is 3.73. The van der Waals surface area contributed by atoms with Crippen molar-refractivity contribution in [3.05, 3.63) is 0 Å². The molecular formula is C7H15NO4. The number of carbonyl (C=O) groups is 1. The highest BCUT2D eigenvalue weighted by atomic mass is 16.7. The Morgan fingerprint density at radius 2 is 2.17 bits per heavy atom. The molecule has 0 unspecified atom stereocenters. The van der Waals surface area contributed by atoms with Crippen molar-refractivity contribution >= 4 is 5.97 Å². The van der Waals surface area contributed by atoms with E-state index in [1.165, 1.54) is 7.11 Å². The summed E-state index contributed by atoms with van der Waals surface area (Å²) >= 11 is 0. The van der Waals surface area contributed by atoms with Gasteiger partial charge in [0.2, 0.25) is 0 Å². The topological polar surface area (TPSA) is 70.8 Å². The molecule has 0 aliphatic heterocycles. The fourth-order valence-corrected chi connectivity index (χ4v) is 0.547. The second-order valence-electron chi connectivity index (χ2n) is 2.07. The summed E-state index contributed by atoms with van der Waals surface area (Å²) < 4.78 is 14.2. The maximum absolute atomic E-state index is 10.7. The molecule has 72 valence electrons. The molecule has 12 heavy (non-hydrogen) atoms. The minimum atomic E-state index is -0.293. The van der Waals surface area contributed by atoms with Crippen LogP contribution in [0.1, 0.15) is 6.42 Å². The summed E-state index contributed by atoms with van der Waals surface area (Å²) in [6, 6.07) is 0. The van der Waals surface area contributed by atoms with Crippen LogP contribution in [-0.4, -0.2) is 39.6 Å². The van der Waals surface area contributed by atoms with E-state index in [1.807, 2.05) is 0 Å². The molecule has 2 N–H and O–H groups in total. The zero-order chi connectivity index (χ0) is 9.23. The lowest BCUT2D eigenvalue weighted by Gasteiger charge is -2.03. The Bertz CT molecular complexity index is 118. The molecule has 0 fully saturated rings. The molecule has 0 heterocycles. The molecule has 0 aromatic carbocycles. The molecule has 0 saturated heterocycles. The van der Waals surface area contributed by atoms with Gasteiger partial charge in [0.05, 0.1) is 13.0 Å². The Balaban J connectivity index is 3.03. The molecule has 0 atom stereocenters. The second-order valence-corrected chi connectivity index (χ2v) is 2.07. The van der Waals surface area contributed by atoms with Gasteiger partial charge in [0, 0.05) is 13.7 Å². The van der Waals surface area contributed by atoms with Crippen molar-refractivity contribution in [3.63, 3.8) is 0 Å². The lowest BCUT2D eigenvalue weighted by atomic mass is 10.4. The monoisotopic (exact) mass is 177 g/mol. The normalized spacial score (nSPS) is 9.83. The number of nitrogens with two attached hydrogens (primary N) is 1. The molecular weight excluding hydrogens is 162 g/mol. The van der Waals surface area contributed by atoms with E-state index in [0.717, 1.165) is 0 Å². The van der Waals surface area contributed by atoms with Gasteiger partial charge in [-0.05, 0) is 0 Å². The molecule has 0 rings (SSSR count). The lowest BCUT2D eigenvalue weighted by Crippen LogP contribution is -2.14. The van der Waals surface area contributed by atoms with Crippen LogP contribution in [0.5, 0.6) is 0 Å². The summed E-state index contributed by atoms with van der Waals surface area (Å²) in [4.78, 5) is 10.7. The van der Waals surface area contributed by atoms with Crippen molar-refractivity contribution in [2.24, 2.45) is 5.73 Å². The zero-order valence-electron chi connectivity index (χ0n) is 7.25. The Kier molecular flexibility index (Phi) is 7.99. The predicted octanol–water partition coefficient (Wildman–Crippen LogP) is -0.501. The lowest BCUT2D eigenvalue weighted by molar-refractivity contribution is -0.146. The fourth-order valence-electron chi connectivity index (χ4n) is 0.547. The summed E-state index contributed by atoms with van der Waals surface area (Å²) in [6.07, 6.45) is 0.254. The molecule has 0 amide bonds. The van der Waals surface area contributed by atoms with Crippen molar-refractivity contribution in [3.8, 4) is 0 Å². The number of esters is 1. The highest BCUT2D eigenvalue weighted by molar-refractivity contribution is 5.69. The van der Waals surface area contributed by atoms with Crippen LogP contribution < -0.4 is 5.73 Å². The zero-order valence-corrected chi connectivity index (χ0v) is 7.25. The molecule has 0 aromatic rings. The van der Waals surface area contributed by atoms with Gasteiger partial charge >= 0.3 is 5.97 Å². The highest BCUT2D eigenvalue weighted by Gasteiger charge is 1.99. The number of carbonyl (C=O) groups excluding carboxylic acids is 1. The van der Waals surface area contributed by atoms with E-state index < -0.39 is 0 Å². The predicted molar refractivity (Wildman–Crippen MR) is 42.5 cm³/mol. The van der Waals surface area contributed by atoms with Gasteiger partial charge in [0.15, 0.2) is 0 Å². The quantitative estimate of drug-likeness (QED) is 0.322. The molecule has 0 radical (unpaired) electrons. The SMILES string of the molecule is COCOCCOC(=O)CCN. The van der Waals surface area contributed by atoms with Crippen molar-refractivity contribution in [2.75, 3.05) is 33.7 Å².